The van der Waals surface area contributed by atoms with E-state index in [4.69, 9.17) is 0 Å². The zero-order chi connectivity index (χ0) is 22.6. The van der Waals surface area contributed by atoms with Gasteiger partial charge < -0.3 is 5.32 Å². The van der Waals surface area contributed by atoms with Crippen LogP contribution in [0.5, 0.6) is 0 Å². The first-order valence-electron chi connectivity index (χ1n) is 9.52. The zero-order valence-corrected chi connectivity index (χ0v) is 17.5. The van der Waals surface area contributed by atoms with Crippen molar-refractivity contribution in [2.75, 3.05) is 5.32 Å². The van der Waals surface area contributed by atoms with Crippen molar-refractivity contribution in [2.45, 2.75) is 11.4 Å². The van der Waals surface area contributed by atoms with Gasteiger partial charge in [0.05, 0.1) is 4.90 Å². The van der Waals surface area contributed by atoms with Gasteiger partial charge in [-0.15, -0.1) is 0 Å². The summed E-state index contributed by atoms with van der Waals surface area (Å²) in [6, 6.07) is 18.8. The number of aromatic nitrogens is 3. The highest BCUT2D eigenvalue weighted by atomic mass is 32.2. The number of benzene rings is 3. The van der Waals surface area contributed by atoms with E-state index in [0.29, 0.717) is 0 Å². The molecule has 4 rings (SSSR count). The predicted octanol–water partition coefficient (Wildman–Crippen LogP) is 3.14. The van der Waals surface area contributed by atoms with E-state index >= 15 is 0 Å². The molecule has 0 unspecified atom stereocenters. The van der Waals surface area contributed by atoms with Crippen LogP contribution >= 0.6 is 0 Å². The fourth-order valence-electron chi connectivity index (χ4n) is 2.97. The fraction of sp³-hybridized carbons (Fsp3) is 0.0455. The maximum absolute atomic E-state index is 14.4. The number of nitrogens with one attached hydrogen (secondary N) is 2. The Morgan fingerprint density at radius 1 is 1.00 bits per heavy atom. The molecule has 0 saturated heterocycles. The molecule has 162 valence electrons. The van der Waals surface area contributed by atoms with E-state index in [9.17, 15) is 17.6 Å². The van der Waals surface area contributed by atoms with Gasteiger partial charge in [-0.3, -0.25) is 4.79 Å². The second kappa shape index (κ2) is 9.08. The van der Waals surface area contributed by atoms with E-state index < -0.39 is 21.7 Å². The van der Waals surface area contributed by atoms with Crippen molar-refractivity contribution in [1.82, 2.24) is 19.5 Å². The van der Waals surface area contributed by atoms with Gasteiger partial charge in [-0.2, -0.15) is 5.10 Å². The molecular weight excluding hydrogens is 433 g/mol. The van der Waals surface area contributed by atoms with Crippen LogP contribution in [0.3, 0.4) is 0 Å². The van der Waals surface area contributed by atoms with Gasteiger partial charge in [0.25, 0.3) is 5.91 Å². The number of carbonyl (C=O) groups excluding carboxylic acids is 1. The number of sulfonamides is 1. The molecule has 0 aliphatic rings. The molecule has 4 aromatic rings. The number of nitrogens with zero attached hydrogens (tertiary/aromatic N) is 3. The summed E-state index contributed by atoms with van der Waals surface area (Å²) < 4.78 is 43.4. The minimum Gasteiger partial charge on any atom is -0.322 e. The van der Waals surface area contributed by atoms with Crippen LogP contribution in [0.4, 0.5) is 10.1 Å². The molecule has 2 N–H and O–H groups in total. The van der Waals surface area contributed by atoms with Crippen LogP contribution in [-0.2, 0) is 16.6 Å². The van der Waals surface area contributed by atoms with Crippen molar-refractivity contribution in [3.8, 4) is 5.69 Å². The van der Waals surface area contributed by atoms with Crippen LogP contribution in [-0.4, -0.2) is 29.1 Å². The Morgan fingerprint density at radius 2 is 1.81 bits per heavy atom. The van der Waals surface area contributed by atoms with Gasteiger partial charge in [-0.25, -0.2) is 27.2 Å². The average Bonchev–Trinajstić information content (AvgIpc) is 3.33. The summed E-state index contributed by atoms with van der Waals surface area (Å²) in [6.45, 7) is 0.122. The van der Waals surface area contributed by atoms with Gasteiger partial charge in [0.1, 0.15) is 18.3 Å². The molecule has 1 amide bonds. The molecule has 0 bridgehead atoms. The monoisotopic (exact) mass is 451 g/mol. The van der Waals surface area contributed by atoms with Crippen LogP contribution in [0.25, 0.3) is 5.69 Å². The highest BCUT2D eigenvalue weighted by Crippen LogP contribution is 2.19. The molecule has 10 heteroatoms. The van der Waals surface area contributed by atoms with Gasteiger partial charge in [-0.05, 0) is 42.0 Å². The molecule has 0 saturated carbocycles. The minimum atomic E-state index is -3.83. The van der Waals surface area contributed by atoms with Gasteiger partial charge in [0.15, 0.2) is 5.82 Å². The maximum Gasteiger partial charge on any atom is 0.255 e. The van der Waals surface area contributed by atoms with Crippen LogP contribution in [0.1, 0.15) is 15.9 Å². The fourth-order valence-corrected chi connectivity index (χ4v) is 4.03. The second-order valence-corrected chi connectivity index (χ2v) is 8.57. The molecule has 3 aromatic carbocycles. The lowest BCUT2D eigenvalue weighted by Crippen LogP contribution is -2.23. The Morgan fingerprint density at radius 3 is 2.53 bits per heavy atom. The summed E-state index contributed by atoms with van der Waals surface area (Å²) >= 11 is 0. The molecule has 1 heterocycles. The number of anilines is 1. The maximum atomic E-state index is 14.4. The third-order valence-corrected chi connectivity index (χ3v) is 5.99. The van der Waals surface area contributed by atoms with E-state index in [0.717, 1.165) is 11.6 Å². The topological polar surface area (TPSA) is 106 Å². The quantitative estimate of drug-likeness (QED) is 0.449. The Labute approximate surface area is 183 Å². The normalized spacial score (nSPS) is 11.3. The summed E-state index contributed by atoms with van der Waals surface area (Å²) in [7, 11) is -3.83. The standard InChI is InChI=1S/C22H18FN5O3S/c23-20-12-18(9-10-21(20)28-15-24-14-25-28)27-22(29)17-7-4-8-19(11-17)32(30,31)26-13-16-5-2-1-3-6-16/h1-12,14-15,26H,13H2,(H,27,29). The minimum absolute atomic E-state index is 0.0474. The molecule has 0 fully saturated rings. The number of amides is 1. The molecule has 0 atom stereocenters. The largest absolute Gasteiger partial charge is 0.322 e. The van der Waals surface area contributed by atoms with Crippen molar-refractivity contribution in [2.24, 2.45) is 0 Å². The van der Waals surface area contributed by atoms with Gasteiger partial charge >= 0.3 is 0 Å². The third-order valence-electron chi connectivity index (χ3n) is 4.59. The van der Waals surface area contributed by atoms with E-state index in [1.54, 1.807) is 12.1 Å². The van der Waals surface area contributed by atoms with Crippen LogP contribution in [0, 0.1) is 5.82 Å². The molecule has 0 aliphatic heterocycles. The molecular formula is C22H18FN5O3S. The lowest BCUT2D eigenvalue weighted by Gasteiger charge is -2.10. The van der Waals surface area contributed by atoms with Gasteiger partial charge in [-0.1, -0.05) is 36.4 Å². The van der Waals surface area contributed by atoms with Crippen molar-refractivity contribution in [1.29, 1.82) is 0 Å². The van der Waals surface area contributed by atoms with Gasteiger partial charge in [0.2, 0.25) is 10.0 Å². The van der Waals surface area contributed by atoms with E-state index in [1.807, 2.05) is 18.2 Å². The zero-order valence-electron chi connectivity index (χ0n) is 16.6. The van der Waals surface area contributed by atoms with Crippen molar-refractivity contribution in [3.63, 3.8) is 0 Å². The summed E-state index contributed by atoms with van der Waals surface area (Å²) in [4.78, 5) is 16.3. The molecule has 0 aliphatic carbocycles. The number of hydrogen-bond donors (Lipinski definition) is 2. The number of hydrogen-bond acceptors (Lipinski definition) is 5. The Bertz CT molecular complexity index is 1340. The number of carbonyl (C=O) groups is 1. The highest BCUT2D eigenvalue weighted by molar-refractivity contribution is 7.89. The van der Waals surface area contributed by atoms with E-state index in [2.05, 4.69) is 20.1 Å². The summed E-state index contributed by atoms with van der Waals surface area (Å²) in [5.74, 6) is -1.17. The smallest absolute Gasteiger partial charge is 0.255 e. The number of halogens is 1. The molecule has 0 spiro atoms. The Kier molecular flexibility index (Phi) is 6.06. The van der Waals surface area contributed by atoms with Gasteiger partial charge in [0, 0.05) is 17.8 Å². The first-order valence-corrected chi connectivity index (χ1v) is 11.0. The van der Waals surface area contributed by atoms with Crippen molar-refractivity contribution in [3.05, 3.63) is 102 Å². The van der Waals surface area contributed by atoms with Crippen LogP contribution in [0.15, 0.2) is 90.3 Å². The molecule has 0 radical (unpaired) electrons. The SMILES string of the molecule is O=C(Nc1ccc(-n2cncn2)c(F)c1)c1cccc(S(=O)(=O)NCc2ccccc2)c1. The molecule has 8 nitrogen and oxygen atoms in total. The Hall–Kier alpha value is -3.89. The first kappa shape index (κ1) is 21.3. The summed E-state index contributed by atoms with van der Waals surface area (Å²) in [5, 5.41) is 6.44. The van der Waals surface area contributed by atoms with Crippen molar-refractivity contribution >= 4 is 21.6 Å². The Balaban J connectivity index is 1.48. The average molecular weight is 451 g/mol. The van der Waals surface area contributed by atoms with Crippen molar-refractivity contribution < 1.29 is 17.6 Å². The van der Waals surface area contributed by atoms with Crippen LogP contribution < -0.4 is 10.0 Å². The summed E-state index contributed by atoms with van der Waals surface area (Å²) in [6.07, 6.45) is 2.64. The summed E-state index contributed by atoms with van der Waals surface area (Å²) in [5.41, 5.74) is 1.32. The number of rotatable bonds is 7. The van der Waals surface area contributed by atoms with E-state index in [1.165, 1.54) is 53.7 Å². The van der Waals surface area contributed by atoms with Crippen LogP contribution in [0.2, 0.25) is 0 Å². The highest BCUT2D eigenvalue weighted by Gasteiger charge is 2.17. The second-order valence-electron chi connectivity index (χ2n) is 6.80. The first-order chi connectivity index (χ1) is 15.4. The third kappa shape index (κ3) is 4.88. The molecule has 32 heavy (non-hydrogen) atoms. The molecule has 1 aromatic heterocycles. The van der Waals surface area contributed by atoms with E-state index in [-0.39, 0.29) is 28.4 Å². The predicted molar refractivity (Wildman–Crippen MR) is 116 cm³/mol. The lowest BCUT2D eigenvalue weighted by molar-refractivity contribution is 0.102. The lowest BCUT2D eigenvalue weighted by atomic mass is 10.2.